The highest BCUT2D eigenvalue weighted by Crippen LogP contribution is 2.60. The summed E-state index contributed by atoms with van der Waals surface area (Å²) in [4.78, 5) is 0. The van der Waals surface area contributed by atoms with E-state index in [4.69, 9.17) is 0 Å². The standard InChI is InChI=1S/C35H48/c1-21(2)17-25-19-31-27(23(5)6)13-11-15-29(31)33(25)35(9,10)34-26(18-22(3)4)20-32-28(24(7)8)14-12-16-30(32)34/h11-16,19-24,33-34H,17-18H2,1-10H3. The second-order valence-electron chi connectivity index (χ2n) is 13.3. The average molecular weight is 469 g/mol. The Hall–Kier alpha value is -2.08. The van der Waals surface area contributed by atoms with E-state index in [-0.39, 0.29) is 5.41 Å². The summed E-state index contributed by atoms with van der Waals surface area (Å²) in [5, 5.41) is 0. The van der Waals surface area contributed by atoms with Crippen molar-refractivity contribution in [2.24, 2.45) is 17.3 Å². The molecule has 2 aliphatic rings. The number of benzene rings is 2. The second kappa shape index (κ2) is 9.76. The SMILES string of the molecule is CC(C)CC1=Cc2c(C(C)C)cccc2C1C(C)(C)C1C(CC(C)C)=Cc2c(C(C)C)cccc21. The molecular formula is C35H48. The van der Waals surface area contributed by atoms with Crippen LogP contribution in [0.3, 0.4) is 0 Å². The lowest BCUT2D eigenvalue weighted by atomic mass is 9.61. The van der Waals surface area contributed by atoms with Crippen molar-refractivity contribution in [3.05, 3.63) is 80.9 Å². The van der Waals surface area contributed by atoms with Crippen molar-refractivity contribution in [2.75, 3.05) is 0 Å². The molecule has 0 heterocycles. The third-order valence-corrected chi connectivity index (χ3v) is 8.39. The Kier molecular flexibility index (Phi) is 7.25. The molecule has 188 valence electrons. The minimum absolute atomic E-state index is 0.0865. The minimum atomic E-state index is 0.0865. The molecule has 2 unspecified atom stereocenters. The van der Waals surface area contributed by atoms with Crippen molar-refractivity contribution >= 4 is 12.2 Å². The maximum Gasteiger partial charge on any atom is 0.0118 e. The lowest BCUT2D eigenvalue weighted by molar-refractivity contribution is 0.263. The normalized spacial score (nSPS) is 19.6. The van der Waals surface area contributed by atoms with Crippen LogP contribution in [0.4, 0.5) is 0 Å². The molecule has 0 spiro atoms. The monoisotopic (exact) mass is 468 g/mol. The van der Waals surface area contributed by atoms with E-state index in [2.05, 4.69) is 118 Å². The molecule has 0 heteroatoms. The van der Waals surface area contributed by atoms with Gasteiger partial charge in [0.15, 0.2) is 0 Å². The molecule has 0 N–H and O–H groups in total. The Morgan fingerprint density at radius 1 is 0.600 bits per heavy atom. The second-order valence-corrected chi connectivity index (χ2v) is 13.3. The fourth-order valence-corrected chi connectivity index (χ4v) is 7.20. The van der Waals surface area contributed by atoms with Crippen LogP contribution < -0.4 is 0 Å². The van der Waals surface area contributed by atoms with Gasteiger partial charge in [0.25, 0.3) is 0 Å². The highest BCUT2D eigenvalue weighted by Gasteiger charge is 2.47. The summed E-state index contributed by atoms with van der Waals surface area (Å²) in [5.74, 6) is 3.30. The zero-order valence-electron chi connectivity index (χ0n) is 24.0. The zero-order chi connectivity index (χ0) is 25.7. The number of fused-ring (bicyclic) bond motifs is 2. The molecule has 0 saturated heterocycles. The van der Waals surface area contributed by atoms with Gasteiger partial charge in [0.05, 0.1) is 0 Å². The van der Waals surface area contributed by atoms with E-state index >= 15 is 0 Å². The van der Waals surface area contributed by atoms with Gasteiger partial charge in [0, 0.05) is 11.8 Å². The molecule has 0 saturated carbocycles. The summed E-state index contributed by atoms with van der Waals surface area (Å²) in [6, 6.07) is 14.2. The average Bonchev–Trinajstić information content (AvgIpc) is 3.29. The van der Waals surface area contributed by atoms with Crippen LogP contribution in [0.15, 0.2) is 47.5 Å². The maximum absolute atomic E-state index is 2.59. The first-order valence-corrected chi connectivity index (χ1v) is 14.1. The van der Waals surface area contributed by atoms with E-state index in [0.29, 0.717) is 35.5 Å². The number of rotatable bonds is 8. The van der Waals surface area contributed by atoms with Crippen molar-refractivity contribution in [3.8, 4) is 0 Å². The van der Waals surface area contributed by atoms with Crippen LogP contribution in [0.2, 0.25) is 0 Å². The van der Waals surface area contributed by atoms with Crippen molar-refractivity contribution in [1.82, 2.24) is 0 Å². The van der Waals surface area contributed by atoms with Gasteiger partial charge in [0.2, 0.25) is 0 Å². The molecule has 0 aliphatic heterocycles. The van der Waals surface area contributed by atoms with Gasteiger partial charge in [-0.25, -0.2) is 0 Å². The smallest absolute Gasteiger partial charge is 0.0118 e. The molecule has 0 radical (unpaired) electrons. The first kappa shape index (κ1) is 26.0. The van der Waals surface area contributed by atoms with Gasteiger partial charge in [-0.15, -0.1) is 0 Å². The van der Waals surface area contributed by atoms with Crippen LogP contribution in [-0.2, 0) is 0 Å². The van der Waals surface area contributed by atoms with E-state index in [1.807, 2.05) is 0 Å². The molecule has 2 aromatic carbocycles. The molecule has 0 bridgehead atoms. The van der Waals surface area contributed by atoms with Crippen molar-refractivity contribution in [2.45, 2.75) is 106 Å². The zero-order valence-corrected chi connectivity index (χ0v) is 24.0. The Morgan fingerprint density at radius 2 is 0.971 bits per heavy atom. The Bertz CT molecular complexity index is 1040. The van der Waals surface area contributed by atoms with Crippen LogP contribution in [-0.4, -0.2) is 0 Å². The van der Waals surface area contributed by atoms with E-state index in [0.717, 1.165) is 0 Å². The molecule has 0 fully saturated rings. The molecule has 35 heavy (non-hydrogen) atoms. The Morgan fingerprint density at radius 3 is 1.29 bits per heavy atom. The predicted molar refractivity (Wildman–Crippen MR) is 155 cm³/mol. The largest absolute Gasteiger partial charge is 0.0625 e. The van der Waals surface area contributed by atoms with Crippen molar-refractivity contribution in [1.29, 1.82) is 0 Å². The molecule has 0 aromatic heterocycles. The van der Waals surface area contributed by atoms with E-state index in [9.17, 15) is 0 Å². The number of allylic oxidation sites excluding steroid dienone is 2. The van der Waals surface area contributed by atoms with Gasteiger partial charge >= 0.3 is 0 Å². The molecule has 2 aromatic rings. The Labute approximate surface area is 215 Å². The molecular weight excluding hydrogens is 420 g/mol. The van der Waals surface area contributed by atoms with Gasteiger partial charge < -0.3 is 0 Å². The third-order valence-electron chi connectivity index (χ3n) is 8.39. The molecule has 2 atom stereocenters. The fourth-order valence-electron chi connectivity index (χ4n) is 7.20. The third kappa shape index (κ3) is 4.71. The highest BCUT2D eigenvalue weighted by molar-refractivity contribution is 5.74. The van der Waals surface area contributed by atoms with E-state index in [1.165, 1.54) is 35.1 Å². The summed E-state index contributed by atoms with van der Waals surface area (Å²) < 4.78 is 0. The molecule has 2 aliphatic carbocycles. The fraction of sp³-hybridized carbons (Fsp3) is 0.543. The van der Waals surface area contributed by atoms with Crippen LogP contribution in [0.1, 0.15) is 139 Å². The minimum Gasteiger partial charge on any atom is -0.0625 e. The lowest BCUT2D eigenvalue weighted by Crippen LogP contribution is -2.31. The Balaban J connectivity index is 1.90. The van der Waals surface area contributed by atoms with Gasteiger partial charge in [-0.3, -0.25) is 0 Å². The van der Waals surface area contributed by atoms with E-state index < -0.39 is 0 Å². The summed E-state index contributed by atoms with van der Waals surface area (Å²) >= 11 is 0. The first-order chi connectivity index (χ1) is 16.4. The number of hydrogen-bond donors (Lipinski definition) is 0. The van der Waals surface area contributed by atoms with Crippen molar-refractivity contribution in [3.63, 3.8) is 0 Å². The topological polar surface area (TPSA) is 0 Å². The first-order valence-electron chi connectivity index (χ1n) is 14.1. The van der Waals surface area contributed by atoms with Crippen LogP contribution in [0.25, 0.3) is 12.2 Å². The summed E-state index contributed by atoms with van der Waals surface area (Å²) in [6.07, 6.45) is 7.52. The van der Waals surface area contributed by atoms with Gasteiger partial charge in [0.1, 0.15) is 0 Å². The molecule has 0 amide bonds. The summed E-state index contributed by atoms with van der Waals surface area (Å²) in [6.45, 7) is 24.0. The van der Waals surface area contributed by atoms with Gasteiger partial charge in [-0.2, -0.15) is 0 Å². The van der Waals surface area contributed by atoms with Crippen LogP contribution in [0.5, 0.6) is 0 Å². The summed E-state index contributed by atoms with van der Waals surface area (Å²) in [7, 11) is 0. The van der Waals surface area contributed by atoms with E-state index in [1.54, 1.807) is 22.3 Å². The van der Waals surface area contributed by atoms with Gasteiger partial charge in [-0.05, 0) is 75.3 Å². The number of hydrogen-bond acceptors (Lipinski definition) is 0. The predicted octanol–water partition coefficient (Wildman–Crippen LogP) is 10.7. The lowest BCUT2D eigenvalue weighted by Gasteiger charge is -2.42. The van der Waals surface area contributed by atoms with Crippen LogP contribution in [0, 0.1) is 17.3 Å². The quantitative estimate of drug-likeness (QED) is 0.361. The van der Waals surface area contributed by atoms with Crippen molar-refractivity contribution < 1.29 is 0 Å². The molecule has 0 nitrogen and oxygen atoms in total. The van der Waals surface area contributed by atoms with Gasteiger partial charge in [-0.1, -0.05) is 129 Å². The van der Waals surface area contributed by atoms with Crippen LogP contribution >= 0.6 is 0 Å². The maximum atomic E-state index is 2.59. The molecule has 4 rings (SSSR count). The summed E-state index contributed by atoms with van der Waals surface area (Å²) in [5.41, 5.74) is 12.5. The highest BCUT2D eigenvalue weighted by atomic mass is 14.5.